The van der Waals surface area contributed by atoms with E-state index in [-0.39, 0.29) is 5.84 Å². The summed E-state index contributed by atoms with van der Waals surface area (Å²) in [7, 11) is 0. The van der Waals surface area contributed by atoms with E-state index in [1.165, 1.54) is 31.9 Å². The zero-order valence-electron chi connectivity index (χ0n) is 8.83. The summed E-state index contributed by atoms with van der Waals surface area (Å²) in [5.74, 6) is -0.00934. The topological polar surface area (TPSA) is 84.4 Å². The Kier molecular flexibility index (Phi) is 3.61. The third-order valence-corrected chi connectivity index (χ3v) is 3.84. The molecule has 1 aromatic rings. The molecule has 0 atom stereocenters. The van der Waals surface area contributed by atoms with Crippen LogP contribution >= 0.6 is 11.8 Å². The minimum atomic E-state index is -0.00934. The van der Waals surface area contributed by atoms with Crippen LogP contribution in [0.1, 0.15) is 31.4 Å². The zero-order valence-corrected chi connectivity index (χ0v) is 9.65. The van der Waals surface area contributed by atoms with Crippen LogP contribution in [0.15, 0.2) is 22.6 Å². The van der Waals surface area contributed by atoms with E-state index in [1.54, 1.807) is 18.0 Å². The molecule has 6 heteroatoms. The number of nitrogens with two attached hydrogens (primary N) is 1. The highest BCUT2D eigenvalue weighted by atomic mass is 32.2. The van der Waals surface area contributed by atoms with Crippen molar-refractivity contribution in [2.24, 2.45) is 10.9 Å². The molecule has 0 aliphatic heterocycles. The summed E-state index contributed by atoms with van der Waals surface area (Å²) >= 11 is 1.76. The van der Waals surface area contributed by atoms with Crippen molar-refractivity contribution in [3.63, 3.8) is 0 Å². The van der Waals surface area contributed by atoms with E-state index in [4.69, 9.17) is 10.9 Å². The summed E-state index contributed by atoms with van der Waals surface area (Å²) in [5, 5.41) is 12.9. The van der Waals surface area contributed by atoms with Crippen LogP contribution in [-0.4, -0.2) is 26.3 Å². The molecule has 0 spiro atoms. The van der Waals surface area contributed by atoms with Gasteiger partial charge in [-0.2, -0.15) is 0 Å². The van der Waals surface area contributed by atoms with Gasteiger partial charge in [0, 0.05) is 5.25 Å². The van der Waals surface area contributed by atoms with Crippen LogP contribution in [0.3, 0.4) is 0 Å². The Bertz CT molecular complexity index is 373. The minimum Gasteiger partial charge on any atom is -0.409 e. The van der Waals surface area contributed by atoms with Gasteiger partial charge in [-0.1, -0.05) is 18.0 Å². The van der Waals surface area contributed by atoms with Gasteiger partial charge < -0.3 is 10.9 Å². The van der Waals surface area contributed by atoms with Crippen molar-refractivity contribution < 1.29 is 5.21 Å². The second-order valence-electron chi connectivity index (χ2n) is 3.75. The van der Waals surface area contributed by atoms with E-state index in [2.05, 4.69) is 15.1 Å². The van der Waals surface area contributed by atoms with Gasteiger partial charge in [0.15, 0.2) is 5.84 Å². The quantitative estimate of drug-likeness (QED) is 0.361. The van der Waals surface area contributed by atoms with E-state index < -0.39 is 0 Å². The maximum Gasteiger partial charge on any atom is 0.190 e. The fourth-order valence-corrected chi connectivity index (χ4v) is 2.88. The molecule has 0 saturated heterocycles. The van der Waals surface area contributed by atoms with Gasteiger partial charge in [0.2, 0.25) is 0 Å². The molecule has 1 aliphatic carbocycles. The number of rotatable bonds is 3. The molecule has 0 bridgehead atoms. The number of hydrogen-bond donors (Lipinski definition) is 2. The predicted octanol–water partition coefficient (Wildman–Crippen LogP) is 1.61. The summed E-state index contributed by atoms with van der Waals surface area (Å²) in [6.07, 6.45) is 8.35. The lowest BCUT2D eigenvalue weighted by atomic mass is 10.4. The molecule has 1 saturated carbocycles. The van der Waals surface area contributed by atoms with Crippen LogP contribution in [-0.2, 0) is 0 Å². The molecule has 0 amide bonds. The van der Waals surface area contributed by atoms with Crippen LogP contribution in [0.4, 0.5) is 0 Å². The van der Waals surface area contributed by atoms with Crippen molar-refractivity contribution in [2.75, 3.05) is 0 Å². The SMILES string of the molecule is NC(=NO)c1cnc(SC2CCCC2)cn1. The van der Waals surface area contributed by atoms with E-state index >= 15 is 0 Å². The molecule has 2 rings (SSSR count). The van der Waals surface area contributed by atoms with E-state index in [0.29, 0.717) is 10.9 Å². The Balaban J connectivity index is 2.01. The number of amidine groups is 1. The molecule has 1 fully saturated rings. The van der Waals surface area contributed by atoms with Crippen molar-refractivity contribution in [1.82, 2.24) is 9.97 Å². The number of nitrogens with zero attached hydrogens (tertiary/aromatic N) is 3. The summed E-state index contributed by atoms with van der Waals surface area (Å²) in [5.41, 5.74) is 5.80. The second-order valence-corrected chi connectivity index (χ2v) is 5.07. The third-order valence-electron chi connectivity index (χ3n) is 2.59. The highest BCUT2D eigenvalue weighted by molar-refractivity contribution is 7.99. The number of aromatic nitrogens is 2. The van der Waals surface area contributed by atoms with Crippen molar-refractivity contribution in [2.45, 2.75) is 36.0 Å². The average molecular weight is 238 g/mol. The molecule has 3 N–H and O–H groups in total. The molecule has 1 aromatic heterocycles. The lowest BCUT2D eigenvalue weighted by Gasteiger charge is -2.07. The molecular formula is C10H14N4OS. The van der Waals surface area contributed by atoms with Gasteiger partial charge in [-0.3, -0.25) is 0 Å². The Morgan fingerprint density at radius 2 is 2.12 bits per heavy atom. The van der Waals surface area contributed by atoms with Crippen LogP contribution in [0, 0.1) is 0 Å². The molecule has 16 heavy (non-hydrogen) atoms. The largest absolute Gasteiger partial charge is 0.409 e. The van der Waals surface area contributed by atoms with Gasteiger partial charge in [0.25, 0.3) is 0 Å². The van der Waals surface area contributed by atoms with Crippen molar-refractivity contribution in [1.29, 1.82) is 0 Å². The zero-order chi connectivity index (χ0) is 11.4. The molecule has 0 radical (unpaired) electrons. The molecule has 0 unspecified atom stereocenters. The first-order valence-electron chi connectivity index (χ1n) is 5.26. The smallest absolute Gasteiger partial charge is 0.190 e. The van der Waals surface area contributed by atoms with Crippen molar-refractivity contribution >= 4 is 17.6 Å². The number of oxime groups is 1. The Morgan fingerprint density at radius 1 is 1.38 bits per heavy atom. The molecule has 1 aliphatic rings. The number of hydrogen-bond acceptors (Lipinski definition) is 5. The monoisotopic (exact) mass is 238 g/mol. The predicted molar refractivity (Wildman–Crippen MR) is 62.7 cm³/mol. The maximum absolute atomic E-state index is 8.48. The first-order valence-corrected chi connectivity index (χ1v) is 6.14. The highest BCUT2D eigenvalue weighted by Crippen LogP contribution is 2.33. The minimum absolute atomic E-state index is 0.00934. The lowest BCUT2D eigenvalue weighted by molar-refractivity contribution is 0.318. The third kappa shape index (κ3) is 2.63. The normalized spacial score (nSPS) is 17.9. The van der Waals surface area contributed by atoms with Crippen LogP contribution in [0.5, 0.6) is 0 Å². The van der Waals surface area contributed by atoms with Crippen LogP contribution in [0.25, 0.3) is 0 Å². The Morgan fingerprint density at radius 3 is 2.69 bits per heavy atom. The van der Waals surface area contributed by atoms with Crippen molar-refractivity contribution in [3.05, 3.63) is 18.1 Å². The summed E-state index contributed by atoms with van der Waals surface area (Å²) in [6.45, 7) is 0. The molecular weight excluding hydrogens is 224 g/mol. The average Bonchev–Trinajstić information content (AvgIpc) is 2.82. The van der Waals surface area contributed by atoms with Gasteiger partial charge in [0.05, 0.1) is 12.4 Å². The Hall–Kier alpha value is -1.30. The first kappa shape index (κ1) is 11.2. The van der Waals surface area contributed by atoms with Gasteiger partial charge >= 0.3 is 0 Å². The molecule has 0 aromatic carbocycles. The van der Waals surface area contributed by atoms with Gasteiger partial charge in [-0.15, -0.1) is 11.8 Å². The van der Waals surface area contributed by atoms with E-state index in [1.807, 2.05) is 0 Å². The Labute approximate surface area is 98.2 Å². The summed E-state index contributed by atoms with van der Waals surface area (Å²) in [6, 6.07) is 0. The van der Waals surface area contributed by atoms with Gasteiger partial charge in [0.1, 0.15) is 10.7 Å². The molecule has 86 valence electrons. The molecule has 1 heterocycles. The van der Waals surface area contributed by atoms with Crippen LogP contribution in [0.2, 0.25) is 0 Å². The second kappa shape index (κ2) is 5.16. The lowest BCUT2D eigenvalue weighted by Crippen LogP contribution is -2.15. The van der Waals surface area contributed by atoms with Crippen LogP contribution < -0.4 is 5.73 Å². The van der Waals surface area contributed by atoms with Gasteiger partial charge in [-0.25, -0.2) is 9.97 Å². The number of thioether (sulfide) groups is 1. The van der Waals surface area contributed by atoms with E-state index in [0.717, 1.165) is 5.03 Å². The summed E-state index contributed by atoms with van der Waals surface area (Å²) < 4.78 is 0. The standard InChI is InChI=1S/C10H14N4OS/c11-10(14-15)8-5-13-9(6-12-8)16-7-3-1-2-4-7/h5-7,15H,1-4H2,(H2,11,14). The fraction of sp³-hybridized carbons (Fsp3) is 0.500. The summed E-state index contributed by atoms with van der Waals surface area (Å²) in [4.78, 5) is 8.33. The van der Waals surface area contributed by atoms with Crippen molar-refractivity contribution in [3.8, 4) is 0 Å². The first-order chi connectivity index (χ1) is 7.79. The fourth-order valence-electron chi connectivity index (χ4n) is 1.74. The highest BCUT2D eigenvalue weighted by Gasteiger charge is 2.16. The van der Waals surface area contributed by atoms with Gasteiger partial charge in [-0.05, 0) is 12.8 Å². The molecule has 5 nitrogen and oxygen atoms in total. The van der Waals surface area contributed by atoms with E-state index in [9.17, 15) is 0 Å². The maximum atomic E-state index is 8.48.